The molecule has 0 saturated carbocycles. The van der Waals surface area contributed by atoms with Gasteiger partial charge in [-0.15, -0.1) is 11.8 Å². The van der Waals surface area contributed by atoms with Crippen LogP contribution in [-0.2, 0) is 4.79 Å². The second-order valence-corrected chi connectivity index (χ2v) is 5.71. The highest BCUT2D eigenvalue weighted by molar-refractivity contribution is 9.10. The van der Waals surface area contributed by atoms with Gasteiger partial charge in [-0.1, -0.05) is 35.8 Å². The zero-order valence-electron chi connectivity index (χ0n) is 8.61. The van der Waals surface area contributed by atoms with Crippen molar-refractivity contribution < 1.29 is 9.90 Å². The molecule has 1 rings (SSSR count). The Bertz CT molecular complexity index is 352. The van der Waals surface area contributed by atoms with Gasteiger partial charge in [0.05, 0.1) is 0 Å². The zero-order chi connectivity index (χ0) is 11.4. The first-order chi connectivity index (χ1) is 7.00. The molecule has 0 spiro atoms. The Morgan fingerprint density at radius 3 is 2.60 bits per heavy atom. The number of halogens is 1. The summed E-state index contributed by atoms with van der Waals surface area (Å²) in [4.78, 5) is 12.0. The molecule has 0 amide bonds. The fourth-order valence-electron chi connectivity index (χ4n) is 1.16. The third kappa shape index (κ3) is 3.87. The van der Waals surface area contributed by atoms with Crippen molar-refractivity contribution in [3.63, 3.8) is 0 Å². The van der Waals surface area contributed by atoms with Crippen LogP contribution in [0.2, 0.25) is 0 Å². The number of thioether (sulfide) groups is 1. The van der Waals surface area contributed by atoms with Crippen LogP contribution in [0.1, 0.15) is 13.8 Å². The first kappa shape index (κ1) is 12.6. The van der Waals surface area contributed by atoms with Crippen molar-refractivity contribution in [3.8, 4) is 0 Å². The standard InChI is InChI=1S/C11H13BrO2S/c1-7(2)10(11(13)14)15-9-5-3-4-8(12)6-9/h3-7,10H,1-2H3,(H,13,14). The lowest BCUT2D eigenvalue weighted by Gasteiger charge is -2.15. The number of rotatable bonds is 4. The molecule has 0 bridgehead atoms. The van der Waals surface area contributed by atoms with Gasteiger partial charge in [-0.2, -0.15) is 0 Å². The molecule has 2 nitrogen and oxygen atoms in total. The van der Waals surface area contributed by atoms with E-state index < -0.39 is 5.97 Å². The molecule has 4 heteroatoms. The fourth-order valence-corrected chi connectivity index (χ4v) is 2.73. The molecule has 82 valence electrons. The molecule has 0 heterocycles. The SMILES string of the molecule is CC(C)C(Sc1cccc(Br)c1)C(=O)O. The van der Waals surface area contributed by atoms with E-state index in [0.717, 1.165) is 9.37 Å². The largest absolute Gasteiger partial charge is 0.480 e. The van der Waals surface area contributed by atoms with E-state index in [1.807, 2.05) is 38.1 Å². The molecule has 1 N–H and O–H groups in total. The first-order valence-corrected chi connectivity index (χ1v) is 6.33. The van der Waals surface area contributed by atoms with Gasteiger partial charge in [0.15, 0.2) is 0 Å². The average Bonchev–Trinajstić information content (AvgIpc) is 2.13. The Balaban J connectivity index is 2.79. The van der Waals surface area contributed by atoms with E-state index in [9.17, 15) is 4.79 Å². The van der Waals surface area contributed by atoms with Gasteiger partial charge in [-0.3, -0.25) is 4.79 Å². The van der Waals surface area contributed by atoms with E-state index in [1.54, 1.807) is 0 Å². The van der Waals surface area contributed by atoms with Crippen LogP contribution in [0.5, 0.6) is 0 Å². The summed E-state index contributed by atoms with van der Waals surface area (Å²) in [6, 6.07) is 7.69. The van der Waals surface area contributed by atoms with Crippen molar-refractivity contribution in [1.29, 1.82) is 0 Å². The van der Waals surface area contributed by atoms with Gasteiger partial charge in [0, 0.05) is 9.37 Å². The minimum Gasteiger partial charge on any atom is -0.480 e. The van der Waals surface area contributed by atoms with E-state index in [4.69, 9.17) is 5.11 Å². The lowest BCUT2D eigenvalue weighted by atomic mass is 10.1. The zero-order valence-corrected chi connectivity index (χ0v) is 11.0. The van der Waals surface area contributed by atoms with Crippen LogP contribution < -0.4 is 0 Å². The molecule has 15 heavy (non-hydrogen) atoms. The molecule has 1 aromatic rings. The molecule has 0 aliphatic rings. The van der Waals surface area contributed by atoms with Crippen LogP contribution >= 0.6 is 27.7 Å². The number of aliphatic carboxylic acids is 1. The van der Waals surface area contributed by atoms with E-state index in [-0.39, 0.29) is 11.2 Å². The maximum atomic E-state index is 11.0. The van der Waals surface area contributed by atoms with Crippen LogP contribution in [0.15, 0.2) is 33.6 Å². The van der Waals surface area contributed by atoms with Gasteiger partial charge in [0.1, 0.15) is 5.25 Å². The molecule has 0 fully saturated rings. The van der Waals surface area contributed by atoms with Gasteiger partial charge < -0.3 is 5.11 Å². The predicted octanol–water partition coefficient (Wildman–Crippen LogP) is 3.65. The highest BCUT2D eigenvalue weighted by Crippen LogP contribution is 2.29. The quantitative estimate of drug-likeness (QED) is 0.860. The smallest absolute Gasteiger partial charge is 0.317 e. The summed E-state index contributed by atoms with van der Waals surface area (Å²) in [5.74, 6) is -0.638. The number of carboxylic acids is 1. The van der Waals surface area contributed by atoms with Crippen molar-refractivity contribution in [2.75, 3.05) is 0 Å². The van der Waals surface area contributed by atoms with E-state index >= 15 is 0 Å². The third-order valence-electron chi connectivity index (χ3n) is 1.91. The van der Waals surface area contributed by atoms with Crippen LogP contribution in [0.3, 0.4) is 0 Å². The molecule has 0 radical (unpaired) electrons. The van der Waals surface area contributed by atoms with Crippen molar-refractivity contribution in [1.82, 2.24) is 0 Å². The summed E-state index contributed by atoms with van der Waals surface area (Å²) in [6.45, 7) is 3.84. The number of hydrogen-bond donors (Lipinski definition) is 1. The van der Waals surface area contributed by atoms with E-state index in [0.29, 0.717) is 0 Å². The Kier molecular flexibility index (Phi) is 4.67. The predicted molar refractivity (Wildman–Crippen MR) is 66.3 cm³/mol. The molecular weight excluding hydrogens is 276 g/mol. The number of carboxylic acid groups (broad SMARTS) is 1. The van der Waals surface area contributed by atoms with Gasteiger partial charge in [0.25, 0.3) is 0 Å². The summed E-state index contributed by atoms with van der Waals surface area (Å²) < 4.78 is 0.973. The topological polar surface area (TPSA) is 37.3 Å². The normalized spacial score (nSPS) is 12.8. The van der Waals surface area contributed by atoms with Gasteiger partial charge in [0.2, 0.25) is 0 Å². The maximum Gasteiger partial charge on any atom is 0.317 e. The van der Waals surface area contributed by atoms with Crippen LogP contribution in [0.4, 0.5) is 0 Å². The molecule has 0 aromatic heterocycles. The lowest BCUT2D eigenvalue weighted by Crippen LogP contribution is -2.22. The highest BCUT2D eigenvalue weighted by atomic mass is 79.9. The fraction of sp³-hybridized carbons (Fsp3) is 0.364. The number of hydrogen-bond acceptors (Lipinski definition) is 2. The molecule has 1 atom stereocenters. The van der Waals surface area contributed by atoms with Crippen LogP contribution in [0, 0.1) is 5.92 Å². The molecule has 1 unspecified atom stereocenters. The monoisotopic (exact) mass is 288 g/mol. The summed E-state index contributed by atoms with van der Waals surface area (Å²) in [5, 5.41) is 8.65. The van der Waals surface area contributed by atoms with Crippen molar-refractivity contribution in [3.05, 3.63) is 28.7 Å². The van der Waals surface area contributed by atoms with Crippen molar-refractivity contribution in [2.45, 2.75) is 24.0 Å². The molecule has 1 aromatic carbocycles. The summed E-state index contributed by atoms with van der Waals surface area (Å²) in [6.07, 6.45) is 0. The molecule has 0 saturated heterocycles. The van der Waals surface area contributed by atoms with Crippen LogP contribution in [0.25, 0.3) is 0 Å². The second kappa shape index (κ2) is 5.56. The minimum atomic E-state index is -0.755. The Labute approximate surface area is 102 Å². The van der Waals surface area contributed by atoms with Gasteiger partial charge in [-0.05, 0) is 24.1 Å². The van der Waals surface area contributed by atoms with E-state index in [1.165, 1.54) is 11.8 Å². The summed E-state index contributed by atoms with van der Waals surface area (Å²) >= 11 is 4.75. The van der Waals surface area contributed by atoms with Gasteiger partial charge in [-0.25, -0.2) is 0 Å². The van der Waals surface area contributed by atoms with Crippen molar-refractivity contribution >= 4 is 33.7 Å². The average molecular weight is 289 g/mol. The second-order valence-electron chi connectivity index (χ2n) is 3.58. The third-order valence-corrected chi connectivity index (χ3v) is 3.93. The summed E-state index contributed by atoms with van der Waals surface area (Å²) in [7, 11) is 0. The molecule has 0 aliphatic heterocycles. The molecule has 0 aliphatic carbocycles. The molecular formula is C11H13BrO2S. The lowest BCUT2D eigenvalue weighted by molar-refractivity contribution is -0.137. The highest BCUT2D eigenvalue weighted by Gasteiger charge is 2.22. The summed E-state index contributed by atoms with van der Waals surface area (Å²) in [5.41, 5.74) is 0. The Morgan fingerprint density at radius 2 is 2.13 bits per heavy atom. The number of benzene rings is 1. The number of carbonyl (C=O) groups is 1. The van der Waals surface area contributed by atoms with Gasteiger partial charge >= 0.3 is 5.97 Å². The van der Waals surface area contributed by atoms with Crippen molar-refractivity contribution in [2.24, 2.45) is 5.92 Å². The first-order valence-electron chi connectivity index (χ1n) is 4.65. The minimum absolute atomic E-state index is 0.117. The maximum absolute atomic E-state index is 11.0. The Hall–Kier alpha value is -0.480. The van der Waals surface area contributed by atoms with Crippen LogP contribution in [-0.4, -0.2) is 16.3 Å². The Morgan fingerprint density at radius 1 is 1.47 bits per heavy atom. The van der Waals surface area contributed by atoms with E-state index in [2.05, 4.69) is 15.9 Å².